The predicted molar refractivity (Wildman–Crippen MR) is 108 cm³/mol. The normalized spacial score (nSPS) is 23.1. The van der Waals surface area contributed by atoms with E-state index in [1.807, 2.05) is 0 Å². The second-order valence-electron chi connectivity index (χ2n) is 8.20. The Hall–Kier alpha value is -2.20. The smallest absolute Gasteiger partial charge is 0.390 e. The van der Waals surface area contributed by atoms with E-state index in [2.05, 4.69) is 20.3 Å². The third-order valence-electron chi connectivity index (χ3n) is 5.89. The molecule has 0 bridgehead atoms. The summed E-state index contributed by atoms with van der Waals surface area (Å²) in [7, 11) is 0. The summed E-state index contributed by atoms with van der Waals surface area (Å²) in [6, 6.07) is 0. The number of anilines is 1. The second-order valence-corrected chi connectivity index (χ2v) is 8.20. The van der Waals surface area contributed by atoms with Crippen LogP contribution in [0.15, 0.2) is 12.4 Å². The molecule has 2 N–H and O–H groups in total. The van der Waals surface area contributed by atoms with Gasteiger partial charge in [0.25, 0.3) is 0 Å². The number of nitrogens with one attached hydrogen (secondary N) is 1. The van der Waals surface area contributed by atoms with Crippen LogP contribution in [0.2, 0.25) is 0 Å². The maximum atomic E-state index is 12.5. The number of rotatable bonds is 6. The maximum Gasteiger partial charge on any atom is 0.390 e. The second kappa shape index (κ2) is 9.52. The predicted octanol–water partition coefficient (Wildman–Crippen LogP) is 3.97. The van der Waals surface area contributed by atoms with Crippen LogP contribution in [0.4, 0.5) is 19.1 Å². The molecular formula is C21H27F3N4O3. The summed E-state index contributed by atoms with van der Waals surface area (Å²) < 4.78 is 49.0. The van der Waals surface area contributed by atoms with Crippen molar-refractivity contribution in [1.29, 1.82) is 0 Å². The minimum atomic E-state index is -4.24. The lowest BCUT2D eigenvalue weighted by Crippen LogP contribution is -2.26. The van der Waals surface area contributed by atoms with Gasteiger partial charge in [0.1, 0.15) is 6.10 Å². The van der Waals surface area contributed by atoms with Crippen molar-refractivity contribution >= 4 is 16.9 Å². The molecule has 2 aromatic rings. The summed E-state index contributed by atoms with van der Waals surface area (Å²) in [5.74, 6) is 0.758. The number of ether oxygens (including phenoxy) is 2. The van der Waals surface area contributed by atoms with Crippen molar-refractivity contribution < 1.29 is 27.8 Å². The van der Waals surface area contributed by atoms with Gasteiger partial charge in [0.15, 0.2) is 0 Å². The molecule has 0 aromatic carbocycles. The van der Waals surface area contributed by atoms with E-state index < -0.39 is 12.6 Å². The topological polar surface area (TPSA) is 89.4 Å². The zero-order valence-corrected chi connectivity index (χ0v) is 17.2. The van der Waals surface area contributed by atoms with Crippen molar-refractivity contribution in [3.63, 3.8) is 0 Å². The standard InChI is InChI=1S/C21H27F3N4O3/c22-21(23,24)7-8-25-20-27-12-17-18(28-20)16(13-1-3-14(29)4-2-13)11-26-19(17)31-15-5-9-30-10-6-15/h11-15,29H,1-10H2,(H,25,27,28). The zero-order chi connectivity index (χ0) is 21.8. The fourth-order valence-corrected chi connectivity index (χ4v) is 4.15. The lowest BCUT2D eigenvalue weighted by molar-refractivity contribution is -0.131. The van der Waals surface area contributed by atoms with Crippen LogP contribution < -0.4 is 10.1 Å². The summed E-state index contributed by atoms with van der Waals surface area (Å²) in [6.45, 7) is 0.972. The Morgan fingerprint density at radius 1 is 1.06 bits per heavy atom. The summed E-state index contributed by atoms with van der Waals surface area (Å²) >= 11 is 0. The molecule has 0 spiro atoms. The minimum absolute atomic E-state index is 0.00952. The Morgan fingerprint density at radius 3 is 2.52 bits per heavy atom. The largest absolute Gasteiger partial charge is 0.474 e. The number of hydrogen-bond donors (Lipinski definition) is 2. The molecule has 0 unspecified atom stereocenters. The van der Waals surface area contributed by atoms with E-state index in [-0.39, 0.29) is 30.6 Å². The van der Waals surface area contributed by atoms with Crippen LogP contribution in [-0.4, -0.2) is 58.2 Å². The Bertz CT molecular complexity index is 882. The molecule has 1 aliphatic carbocycles. The van der Waals surface area contributed by atoms with E-state index in [1.165, 1.54) is 0 Å². The van der Waals surface area contributed by atoms with Crippen LogP contribution in [0.25, 0.3) is 10.9 Å². The van der Waals surface area contributed by atoms with Crippen LogP contribution in [0.1, 0.15) is 56.4 Å². The third-order valence-corrected chi connectivity index (χ3v) is 5.89. The molecule has 7 nitrogen and oxygen atoms in total. The highest BCUT2D eigenvalue weighted by Crippen LogP contribution is 2.38. The average molecular weight is 440 g/mol. The fourth-order valence-electron chi connectivity index (χ4n) is 4.15. The summed E-state index contributed by atoms with van der Waals surface area (Å²) in [4.78, 5) is 13.3. The van der Waals surface area contributed by atoms with E-state index in [0.29, 0.717) is 42.8 Å². The Morgan fingerprint density at radius 2 is 1.81 bits per heavy atom. The highest BCUT2D eigenvalue weighted by molar-refractivity contribution is 5.86. The van der Waals surface area contributed by atoms with Gasteiger partial charge in [-0.1, -0.05) is 0 Å². The van der Waals surface area contributed by atoms with Gasteiger partial charge in [0.2, 0.25) is 11.8 Å². The van der Waals surface area contributed by atoms with Crippen molar-refractivity contribution in [2.75, 3.05) is 25.1 Å². The van der Waals surface area contributed by atoms with Gasteiger partial charge in [-0.05, 0) is 31.6 Å². The number of nitrogens with zero attached hydrogens (tertiary/aromatic N) is 3. The number of alkyl halides is 3. The highest BCUT2D eigenvalue weighted by atomic mass is 19.4. The molecule has 0 amide bonds. The van der Waals surface area contributed by atoms with Gasteiger partial charge in [-0.25, -0.2) is 15.0 Å². The Balaban J connectivity index is 1.62. The SMILES string of the molecule is OC1CCC(c2cnc(OC3CCOCC3)c3cnc(NCCC(F)(F)F)nc23)CC1. The summed E-state index contributed by atoms with van der Waals surface area (Å²) in [6.07, 6.45) is 2.37. The quantitative estimate of drug-likeness (QED) is 0.703. The number of pyridine rings is 1. The summed E-state index contributed by atoms with van der Waals surface area (Å²) in [5.41, 5.74) is 1.56. The highest BCUT2D eigenvalue weighted by Gasteiger charge is 2.27. The van der Waals surface area contributed by atoms with Crippen molar-refractivity contribution in [3.05, 3.63) is 18.0 Å². The Labute approximate surface area is 178 Å². The number of halogens is 3. The molecule has 3 heterocycles. The van der Waals surface area contributed by atoms with Gasteiger partial charge in [-0.3, -0.25) is 0 Å². The molecule has 10 heteroatoms. The molecular weight excluding hydrogens is 413 g/mol. The van der Waals surface area contributed by atoms with Crippen molar-refractivity contribution in [3.8, 4) is 5.88 Å². The monoisotopic (exact) mass is 440 g/mol. The Kier molecular flexibility index (Phi) is 6.76. The van der Waals surface area contributed by atoms with Gasteiger partial charge in [0, 0.05) is 37.3 Å². The van der Waals surface area contributed by atoms with Gasteiger partial charge in [-0.15, -0.1) is 0 Å². The van der Waals surface area contributed by atoms with Crippen LogP contribution in [0.5, 0.6) is 5.88 Å². The molecule has 2 aromatic heterocycles. The first-order valence-corrected chi connectivity index (χ1v) is 10.8. The van der Waals surface area contributed by atoms with Crippen molar-refractivity contribution in [2.45, 2.75) is 69.2 Å². The lowest BCUT2D eigenvalue weighted by atomic mass is 9.83. The van der Waals surface area contributed by atoms with Crippen molar-refractivity contribution in [1.82, 2.24) is 15.0 Å². The number of aromatic nitrogens is 3. The van der Waals surface area contributed by atoms with Crippen LogP contribution in [0.3, 0.4) is 0 Å². The molecule has 2 fully saturated rings. The molecule has 4 rings (SSSR count). The molecule has 31 heavy (non-hydrogen) atoms. The molecule has 2 aliphatic rings. The molecule has 170 valence electrons. The number of aliphatic hydroxyl groups excluding tert-OH is 1. The van der Waals surface area contributed by atoms with Gasteiger partial charge >= 0.3 is 6.18 Å². The molecule has 1 saturated heterocycles. The lowest BCUT2D eigenvalue weighted by Gasteiger charge is -2.27. The number of aliphatic hydroxyl groups is 1. The summed E-state index contributed by atoms with van der Waals surface area (Å²) in [5, 5.41) is 13.2. The van der Waals surface area contributed by atoms with Crippen molar-refractivity contribution in [2.24, 2.45) is 0 Å². The van der Waals surface area contributed by atoms with Crippen LogP contribution in [0, 0.1) is 0 Å². The molecule has 0 radical (unpaired) electrons. The third kappa shape index (κ3) is 5.74. The average Bonchev–Trinajstić information content (AvgIpc) is 2.74. The van der Waals surface area contributed by atoms with Gasteiger partial charge < -0.3 is 19.9 Å². The molecule has 1 saturated carbocycles. The molecule has 1 aliphatic heterocycles. The molecule has 0 atom stereocenters. The van der Waals surface area contributed by atoms with Crippen LogP contribution >= 0.6 is 0 Å². The number of hydrogen-bond acceptors (Lipinski definition) is 7. The van der Waals surface area contributed by atoms with E-state index in [0.717, 1.165) is 31.2 Å². The van der Waals surface area contributed by atoms with E-state index in [1.54, 1.807) is 12.4 Å². The first kappa shape index (κ1) is 22.0. The minimum Gasteiger partial charge on any atom is -0.474 e. The van der Waals surface area contributed by atoms with E-state index in [4.69, 9.17) is 9.47 Å². The van der Waals surface area contributed by atoms with Crippen LogP contribution in [-0.2, 0) is 4.74 Å². The van der Waals surface area contributed by atoms with E-state index >= 15 is 0 Å². The van der Waals surface area contributed by atoms with Gasteiger partial charge in [0.05, 0.1) is 36.6 Å². The first-order valence-electron chi connectivity index (χ1n) is 10.8. The first-order chi connectivity index (χ1) is 14.9. The zero-order valence-electron chi connectivity index (χ0n) is 17.2. The fraction of sp³-hybridized carbons (Fsp3) is 0.667. The number of fused-ring (bicyclic) bond motifs is 1. The maximum absolute atomic E-state index is 12.5. The van der Waals surface area contributed by atoms with E-state index in [9.17, 15) is 18.3 Å². The van der Waals surface area contributed by atoms with Gasteiger partial charge in [-0.2, -0.15) is 13.2 Å².